The number of Topliss-reactive ketones (excluding diaryl/α,β-unsaturated/α-hetero) is 1. The molecule has 4 aromatic rings. The van der Waals surface area contributed by atoms with Gasteiger partial charge >= 0.3 is 0 Å². The summed E-state index contributed by atoms with van der Waals surface area (Å²) in [6.07, 6.45) is 5.88. The Balaban J connectivity index is 1.53. The molecule has 0 N–H and O–H groups in total. The molecule has 31 heavy (non-hydrogen) atoms. The summed E-state index contributed by atoms with van der Waals surface area (Å²) in [6, 6.07) is 9.97. The minimum Gasteiger partial charge on any atom is -0.334 e. The quantitative estimate of drug-likeness (QED) is 0.403. The number of carbonyl (C=O) groups excluding carboxylic acids is 1. The first-order valence-electron chi connectivity index (χ1n) is 10.1. The number of carbonyl (C=O) groups is 1. The number of fused-ring (bicyclic) bond motifs is 3. The summed E-state index contributed by atoms with van der Waals surface area (Å²) in [6.45, 7) is 0. The maximum atomic E-state index is 14.0. The molecule has 0 bridgehead atoms. The second kappa shape index (κ2) is 7.81. The van der Waals surface area contributed by atoms with Gasteiger partial charge in [0.15, 0.2) is 10.8 Å². The minimum atomic E-state index is -0.711. The van der Waals surface area contributed by atoms with Crippen LogP contribution in [0, 0.1) is 11.6 Å². The Bertz CT molecular complexity index is 1290. The van der Waals surface area contributed by atoms with Gasteiger partial charge in [0.1, 0.15) is 11.6 Å². The molecule has 1 aliphatic carbocycles. The van der Waals surface area contributed by atoms with Gasteiger partial charge in [-0.3, -0.25) is 4.79 Å². The van der Waals surface area contributed by atoms with Gasteiger partial charge in [-0.25, -0.2) is 18.7 Å². The van der Waals surface area contributed by atoms with Crippen LogP contribution in [-0.4, -0.2) is 20.3 Å². The third-order valence-electron chi connectivity index (χ3n) is 5.66. The molecule has 0 fully saturated rings. The fourth-order valence-corrected chi connectivity index (χ4v) is 5.14. The number of hydrogen-bond donors (Lipinski definition) is 0. The average Bonchev–Trinajstić information content (AvgIpc) is 3.34. The van der Waals surface area contributed by atoms with Crippen LogP contribution in [0.2, 0.25) is 0 Å². The van der Waals surface area contributed by atoms with Crippen LogP contribution in [-0.2, 0) is 26.3 Å². The molecule has 156 valence electrons. The first-order valence-corrected chi connectivity index (χ1v) is 10.9. The lowest BCUT2D eigenvalue weighted by Crippen LogP contribution is -2.07. The predicted molar refractivity (Wildman–Crippen MR) is 116 cm³/mol. The molecular formula is C24H19F2N3OS. The molecule has 0 spiro atoms. The van der Waals surface area contributed by atoms with E-state index in [-0.39, 0.29) is 17.8 Å². The third kappa shape index (κ3) is 3.59. The molecule has 4 nitrogen and oxygen atoms in total. The molecule has 5 rings (SSSR count). The van der Waals surface area contributed by atoms with Crippen molar-refractivity contribution in [3.05, 3.63) is 82.4 Å². The zero-order valence-electron chi connectivity index (χ0n) is 16.9. The van der Waals surface area contributed by atoms with Crippen LogP contribution in [0.4, 0.5) is 8.78 Å². The Morgan fingerprint density at radius 2 is 1.97 bits per heavy atom. The zero-order chi connectivity index (χ0) is 21.5. The van der Waals surface area contributed by atoms with E-state index in [0.717, 1.165) is 46.7 Å². The molecule has 2 aromatic carbocycles. The van der Waals surface area contributed by atoms with Crippen molar-refractivity contribution in [3.63, 3.8) is 0 Å². The molecule has 7 heteroatoms. The van der Waals surface area contributed by atoms with E-state index in [4.69, 9.17) is 0 Å². The highest BCUT2D eigenvalue weighted by Gasteiger charge is 2.24. The first-order chi connectivity index (χ1) is 15.0. The van der Waals surface area contributed by atoms with E-state index >= 15 is 0 Å². The Hall–Kier alpha value is -3.19. The molecule has 0 amide bonds. The zero-order valence-corrected chi connectivity index (χ0v) is 17.7. The second-order valence-electron chi connectivity index (χ2n) is 7.71. The first kappa shape index (κ1) is 19.8. The number of hydrogen-bond acceptors (Lipinski definition) is 4. The molecule has 0 aliphatic heterocycles. The standard InChI is InChI=1S/C24H19F2N3OS/c1-29-13-27-12-21(29)15-9-8-14-4-2-7-20-23(16(14)10-15)31-24(28-20)22(30)11-17-18(25)5-3-6-19(17)26/h3,5-6,8-10,12-13H,2,4,7,11H2,1H3. The van der Waals surface area contributed by atoms with Gasteiger partial charge in [-0.15, -0.1) is 11.3 Å². The smallest absolute Gasteiger partial charge is 0.195 e. The van der Waals surface area contributed by atoms with E-state index in [9.17, 15) is 13.6 Å². The van der Waals surface area contributed by atoms with E-state index in [2.05, 4.69) is 28.2 Å². The Kier molecular flexibility index (Phi) is 4.98. The number of benzene rings is 2. The molecule has 0 saturated heterocycles. The summed E-state index contributed by atoms with van der Waals surface area (Å²) in [7, 11) is 1.95. The van der Waals surface area contributed by atoms with Crippen LogP contribution in [0.1, 0.15) is 33.0 Å². The normalized spacial score (nSPS) is 12.9. The van der Waals surface area contributed by atoms with Crippen molar-refractivity contribution >= 4 is 17.1 Å². The van der Waals surface area contributed by atoms with Crippen LogP contribution in [0.15, 0.2) is 48.9 Å². The minimum absolute atomic E-state index is 0.211. The van der Waals surface area contributed by atoms with Crippen molar-refractivity contribution < 1.29 is 13.6 Å². The van der Waals surface area contributed by atoms with Crippen molar-refractivity contribution in [2.75, 3.05) is 0 Å². The Morgan fingerprint density at radius 1 is 1.16 bits per heavy atom. The average molecular weight is 435 g/mol. The fraction of sp³-hybridized carbons (Fsp3) is 0.208. The van der Waals surface area contributed by atoms with Crippen molar-refractivity contribution in [2.45, 2.75) is 25.7 Å². The van der Waals surface area contributed by atoms with Gasteiger partial charge < -0.3 is 4.57 Å². The van der Waals surface area contributed by atoms with Gasteiger partial charge in [0, 0.05) is 24.6 Å². The van der Waals surface area contributed by atoms with Gasteiger partial charge in [-0.1, -0.05) is 18.2 Å². The second-order valence-corrected chi connectivity index (χ2v) is 8.71. The lowest BCUT2D eigenvalue weighted by molar-refractivity contribution is 0.0990. The van der Waals surface area contributed by atoms with E-state index in [1.807, 2.05) is 17.8 Å². The number of nitrogens with zero attached hydrogens (tertiary/aromatic N) is 3. The summed E-state index contributed by atoms with van der Waals surface area (Å²) >= 11 is 1.31. The van der Waals surface area contributed by atoms with Crippen molar-refractivity contribution in [1.82, 2.24) is 14.5 Å². The Labute approximate surface area is 182 Å². The van der Waals surface area contributed by atoms with Crippen molar-refractivity contribution in [1.29, 1.82) is 0 Å². The molecule has 2 aromatic heterocycles. The van der Waals surface area contributed by atoms with Crippen LogP contribution in [0.5, 0.6) is 0 Å². The number of ketones is 1. The number of aromatic nitrogens is 3. The molecule has 0 atom stereocenters. The summed E-state index contributed by atoms with van der Waals surface area (Å²) in [5, 5.41) is 0.298. The van der Waals surface area contributed by atoms with Crippen LogP contribution >= 0.6 is 11.3 Å². The molecule has 0 unspecified atom stereocenters. The SMILES string of the molecule is Cn1cncc1-c1ccc2c(c1)-c1sc(C(=O)Cc3c(F)cccc3F)nc1CCC2. The number of rotatable bonds is 4. The topological polar surface area (TPSA) is 47.8 Å². The van der Waals surface area contributed by atoms with Crippen LogP contribution in [0.25, 0.3) is 21.7 Å². The molecular weight excluding hydrogens is 416 g/mol. The van der Waals surface area contributed by atoms with Crippen LogP contribution < -0.4 is 0 Å². The highest BCUT2D eigenvalue weighted by Crippen LogP contribution is 2.39. The van der Waals surface area contributed by atoms with E-state index in [0.29, 0.717) is 5.01 Å². The largest absolute Gasteiger partial charge is 0.334 e. The van der Waals surface area contributed by atoms with Crippen LogP contribution in [0.3, 0.4) is 0 Å². The number of aryl methyl sites for hydroxylation is 3. The summed E-state index contributed by atoms with van der Waals surface area (Å²) in [5.74, 6) is -1.79. The summed E-state index contributed by atoms with van der Waals surface area (Å²) < 4.78 is 30.0. The Morgan fingerprint density at radius 3 is 2.71 bits per heavy atom. The fourth-order valence-electron chi connectivity index (χ4n) is 4.04. The van der Waals surface area contributed by atoms with Gasteiger partial charge in [-0.2, -0.15) is 0 Å². The van der Waals surface area contributed by atoms with Crippen molar-refractivity contribution in [2.24, 2.45) is 7.05 Å². The number of imidazole rings is 1. The monoisotopic (exact) mass is 435 g/mol. The number of thiazole rings is 1. The van der Waals surface area contributed by atoms with E-state index < -0.39 is 11.6 Å². The van der Waals surface area contributed by atoms with Gasteiger partial charge in [-0.05, 0) is 48.6 Å². The summed E-state index contributed by atoms with van der Waals surface area (Å²) in [5.41, 5.74) is 5.00. The van der Waals surface area contributed by atoms with Gasteiger partial charge in [0.05, 0.1) is 28.8 Å². The molecule has 0 radical (unpaired) electrons. The van der Waals surface area contributed by atoms with E-state index in [1.54, 1.807) is 6.33 Å². The molecule has 0 saturated carbocycles. The molecule has 1 aliphatic rings. The summed E-state index contributed by atoms with van der Waals surface area (Å²) in [4.78, 5) is 22.6. The number of halogens is 2. The maximum absolute atomic E-state index is 14.0. The van der Waals surface area contributed by atoms with Gasteiger partial charge in [0.2, 0.25) is 0 Å². The van der Waals surface area contributed by atoms with E-state index in [1.165, 1.54) is 35.1 Å². The molecule has 2 heterocycles. The lowest BCUT2D eigenvalue weighted by Gasteiger charge is -2.09. The van der Waals surface area contributed by atoms with Crippen molar-refractivity contribution in [3.8, 4) is 21.7 Å². The highest BCUT2D eigenvalue weighted by molar-refractivity contribution is 7.17. The predicted octanol–water partition coefficient (Wildman–Crippen LogP) is 5.40. The maximum Gasteiger partial charge on any atom is 0.195 e. The highest BCUT2D eigenvalue weighted by atomic mass is 32.1. The third-order valence-corrected chi connectivity index (χ3v) is 6.83. The lowest BCUT2D eigenvalue weighted by atomic mass is 10.00. The van der Waals surface area contributed by atoms with Gasteiger partial charge in [0.25, 0.3) is 0 Å².